The van der Waals surface area contributed by atoms with Crippen LogP contribution in [0.5, 0.6) is 0 Å². The minimum Gasteiger partial charge on any atom is -0.350 e. The van der Waals surface area contributed by atoms with Crippen molar-refractivity contribution in [1.82, 2.24) is 15.2 Å². The van der Waals surface area contributed by atoms with Crippen molar-refractivity contribution >= 4 is 17.5 Å². The number of aromatic nitrogens is 3. The van der Waals surface area contributed by atoms with Crippen molar-refractivity contribution in [3.8, 4) is 0 Å². The Balaban J connectivity index is 1.73. The van der Waals surface area contributed by atoms with Gasteiger partial charge in [0.1, 0.15) is 0 Å². The Bertz CT molecular complexity index is 667. The summed E-state index contributed by atoms with van der Waals surface area (Å²) in [5.74, 6) is 1.35. The van der Waals surface area contributed by atoms with Crippen molar-refractivity contribution < 1.29 is 0 Å². The van der Waals surface area contributed by atoms with E-state index in [0.29, 0.717) is 12.0 Å². The van der Waals surface area contributed by atoms with Crippen LogP contribution in [0.4, 0.5) is 17.5 Å². The lowest BCUT2D eigenvalue weighted by Crippen LogP contribution is -2.20. The van der Waals surface area contributed by atoms with Gasteiger partial charge in [-0.3, -0.25) is 0 Å². The van der Waals surface area contributed by atoms with E-state index in [0.717, 1.165) is 11.5 Å². The molecule has 0 bridgehead atoms. The molecule has 0 spiro atoms. The molecule has 1 aliphatic carbocycles. The Morgan fingerprint density at radius 3 is 2.29 bits per heavy atom. The number of hydrogen-bond acceptors (Lipinski definition) is 5. The van der Waals surface area contributed by atoms with Crippen LogP contribution in [0, 0.1) is 20.8 Å². The van der Waals surface area contributed by atoms with Gasteiger partial charge in [0.05, 0.1) is 6.20 Å². The van der Waals surface area contributed by atoms with E-state index in [1.165, 1.54) is 55.2 Å². The van der Waals surface area contributed by atoms with E-state index < -0.39 is 0 Å². The molecular formula is C19H27N5. The predicted molar refractivity (Wildman–Crippen MR) is 98.9 cm³/mol. The fraction of sp³-hybridized carbons (Fsp3) is 0.526. The molecule has 5 heteroatoms. The molecule has 1 aromatic carbocycles. The van der Waals surface area contributed by atoms with Crippen molar-refractivity contribution in [3.63, 3.8) is 0 Å². The number of nitrogens with one attached hydrogen (secondary N) is 2. The summed E-state index contributed by atoms with van der Waals surface area (Å²) in [6.45, 7) is 6.34. The Kier molecular flexibility index (Phi) is 5.28. The normalized spacial score (nSPS) is 15.8. The molecule has 1 aliphatic rings. The molecule has 1 saturated carbocycles. The highest BCUT2D eigenvalue weighted by Crippen LogP contribution is 2.25. The van der Waals surface area contributed by atoms with Gasteiger partial charge in [-0.05, 0) is 44.7 Å². The monoisotopic (exact) mass is 325 g/mol. The first-order chi connectivity index (χ1) is 11.6. The van der Waals surface area contributed by atoms with E-state index >= 15 is 0 Å². The highest BCUT2D eigenvalue weighted by molar-refractivity contribution is 5.65. The summed E-state index contributed by atoms with van der Waals surface area (Å²) in [6, 6.07) is 4.82. The first-order valence-electron chi connectivity index (χ1n) is 8.93. The summed E-state index contributed by atoms with van der Waals surface area (Å²) in [5, 5.41) is 15.1. The summed E-state index contributed by atoms with van der Waals surface area (Å²) in [5.41, 5.74) is 4.79. The molecule has 3 rings (SSSR count). The standard InChI is InChI=1S/C19H27N5/c1-13-10-14(2)18(15(3)11-13)22-17-12-20-24-19(23-17)21-16-8-6-4-5-7-9-16/h10-12,16H,4-9H2,1-3H3,(H2,21,22,23,24). The second kappa shape index (κ2) is 7.60. The summed E-state index contributed by atoms with van der Waals surface area (Å²) in [6.07, 6.45) is 9.30. The third-order valence-corrected chi connectivity index (χ3v) is 4.68. The van der Waals surface area contributed by atoms with Crippen LogP contribution in [0.25, 0.3) is 0 Å². The molecule has 24 heavy (non-hydrogen) atoms. The van der Waals surface area contributed by atoms with Gasteiger partial charge >= 0.3 is 0 Å². The van der Waals surface area contributed by atoms with E-state index in [1.807, 2.05) is 0 Å². The lowest BCUT2D eigenvalue weighted by molar-refractivity contribution is 0.613. The van der Waals surface area contributed by atoms with Crippen LogP contribution in [-0.2, 0) is 0 Å². The Morgan fingerprint density at radius 2 is 1.62 bits per heavy atom. The van der Waals surface area contributed by atoms with Gasteiger partial charge in [-0.15, -0.1) is 5.10 Å². The maximum absolute atomic E-state index is 4.60. The fourth-order valence-corrected chi connectivity index (χ4v) is 3.54. The first kappa shape index (κ1) is 16.7. The topological polar surface area (TPSA) is 62.7 Å². The van der Waals surface area contributed by atoms with Crippen molar-refractivity contribution in [3.05, 3.63) is 35.0 Å². The molecule has 0 aliphatic heterocycles. The second-order valence-corrected chi connectivity index (χ2v) is 6.90. The Labute approximate surface area is 144 Å². The van der Waals surface area contributed by atoms with Crippen LogP contribution in [0.15, 0.2) is 18.3 Å². The van der Waals surface area contributed by atoms with Crippen molar-refractivity contribution in [2.24, 2.45) is 0 Å². The summed E-state index contributed by atoms with van der Waals surface area (Å²) in [4.78, 5) is 4.60. The van der Waals surface area contributed by atoms with E-state index in [-0.39, 0.29) is 0 Å². The third-order valence-electron chi connectivity index (χ3n) is 4.68. The molecular weight excluding hydrogens is 298 g/mol. The van der Waals surface area contributed by atoms with Crippen LogP contribution in [0.1, 0.15) is 55.2 Å². The van der Waals surface area contributed by atoms with Gasteiger partial charge in [0, 0.05) is 11.7 Å². The molecule has 0 amide bonds. The molecule has 0 saturated heterocycles. The zero-order valence-electron chi connectivity index (χ0n) is 14.9. The second-order valence-electron chi connectivity index (χ2n) is 6.90. The molecule has 1 heterocycles. The lowest BCUT2D eigenvalue weighted by Gasteiger charge is -2.17. The SMILES string of the molecule is Cc1cc(C)c(Nc2cnnc(NC3CCCCCC3)n2)c(C)c1. The van der Waals surface area contributed by atoms with E-state index in [2.05, 4.69) is 58.7 Å². The maximum atomic E-state index is 4.60. The highest BCUT2D eigenvalue weighted by Gasteiger charge is 2.14. The maximum Gasteiger partial charge on any atom is 0.244 e. The molecule has 1 fully saturated rings. The quantitative estimate of drug-likeness (QED) is 0.799. The van der Waals surface area contributed by atoms with Crippen molar-refractivity contribution in [1.29, 1.82) is 0 Å². The zero-order valence-corrected chi connectivity index (χ0v) is 14.9. The molecule has 0 atom stereocenters. The minimum absolute atomic E-state index is 0.465. The molecule has 2 N–H and O–H groups in total. The van der Waals surface area contributed by atoms with Crippen LogP contribution < -0.4 is 10.6 Å². The third kappa shape index (κ3) is 4.22. The van der Waals surface area contributed by atoms with Gasteiger partial charge in [-0.25, -0.2) is 0 Å². The molecule has 1 aromatic heterocycles. The minimum atomic E-state index is 0.465. The number of aryl methyl sites for hydroxylation is 3. The van der Waals surface area contributed by atoms with Gasteiger partial charge in [-0.1, -0.05) is 43.4 Å². The van der Waals surface area contributed by atoms with Gasteiger partial charge in [0.25, 0.3) is 0 Å². The number of anilines is 3. The molecule has 5 nitrogen and oxygen atoms in total. The molecule has 2 aromatic rings. The zero-order chi connectivity index (χ0) is 16.9. The van der Waals surface area contributed by atoms with Gasteiger partial charge in [0.15, 0.2) is 5.82 Å². The number of hydrogen-bond donors (Lipinski definition) is 2. The summed E-state index contributed by atoms with van der Waals surface area (Å²) in [7, 11) is 0. The van der Waals surface area contributed by atoms with E-state index in [1.54, 1.807) is 6.20 Å². The van der Waals surface area contributed by atoms with Crippen LogP contribution >= 0.6 is 0 Å². The number of benzene rings is 1. The van der Waals surface area contributed by atoms with Crippen LogP contribution in [-0.4, -0.2) is 21.2 Å². The van der Waals surface area contributed by atoms with Crippen LogP contribution in [0.3, 0.4) is 0 Å². The first-order valence-corrected chi connectivity index (χ1v) is 8.93. The van der Waals surface area contributed by atoms with Gasteiger partial charge < -0.3 is 10.6 Å². The Morgan fingerprint density at radius 1 is 0.958 bits per heavy atom. The van der Waals surface area contributed by atoms with E-state index in [9.17, 15) is 0 Å². The number of nitrogens with zero attached hydrogens (tertiary/aromatic N) is 3. The Hall–Kier alpha value is -2.17. The van der Waals surface area contributed by atoms with E-state index in [4.69, 9.17) is 0 Å². The van der Waals surface area contributed by atoms with Crippen molar-refractivity contribution in [2.45, 2.75) is 65.3 Å². The van der Waals surface area contributed by atoms with Crippen molar-refractivity contribution in [2.75, 3.05) is 10.6 Å². The van der Waals surface area contributed by atoms with Gasteiger partial charge in [-0.2, -0.15) is 10.1 Å². The molecule has 0 unspecified atom stereocenters. The largest absolute Gasteiger partial charge is 0.350 e. The van der Waals surface area contributed by atoms with Crippen LogP contribution in [0.2, 0.25) is 0 Å². The average molecular weight is 325 g/mol. The highest BCUT2D eigenvalue weighted by atomic mass is 15.3. The average Bonchev–Trinajstić information content (AvgIpc) is 2.80. The smallest absolute Gasteiger partial charge is 0.244 e. The molecule has 0 radical (unpaired) electrons. The summed E-state index contributed by atoms with van der Waals surface area (Å²) >= 11 is 0. The number of rotatable bonds is 4. The lowest BCUT2D eigenvalue weighted by atomic mass is 10.1. The molecule has 128 valence electrons. The fourth-order valence-electron chi connectivity index (χ4n) is 3.54. The van der Waals surface area contributed by atoms with Gasteiger partial charge in [0.2, 0.25) is 5.95 Å². The summed E-state index contributed by atoms with van der Waals surface area (Å²) < 4.78 is 0. The predicted octanol–water partition coefficient (Wildman–Crippen LogP) is 4.68.